The van der Waals surface area contributed by atoms with Crippen LogP contribution in [0.3, 0.4) is 0 Å². The van der Waals surface area contributed by atoms with Crippen LogP contribution in [0.4, 0.5) is 0 Å². The van der Waals surface area contributed by atoms with Gasteiger partial charge in [0.15, 0.2) is 0 Å². The van der Waals surface area contributed by atoms with Crippen LogP contribution >= 0.6 is 11.8 Å². The van der Waals surface area contributed by atoms with E-state index < -0.39 is 0 Å². The van der Waals surface area contributed by atoms with Crippen molar-refractivity contribution < 1.29 is 5.11 Å². The van der Waals surface area contributed by atoms with E-state index in [0.29, 0.717) is 18.6 Å². The lowest BCUT2D eigenvalue weighted by Crippen LogP contribution is -2.21. The second-order valence-electron chi connectivity index (χ2n) is 4.86. The number of β-amino-alcohol motifs (C(OH)–C–C–N with tert-alkyl or cyclic N) is 1. The van der Waals surface area contributed by atoms with Gasteiger partial charge in [-0.3, -0.25) is 9.69 Å². The molecule has 1 saturated heterocycles. The number of aromatic nitrogens is 3. The minimum Gasteiger partial charge on any atom is -0.392 e. The van der Waals surface area contributed by atoms with Crippen molar-refractivity contribution in [3.8, 4) is 12.8 Å². The average Bonchev–Trinajstić information content (AvgIpc) is 3.11. The van der Waals surface area contributed by atoms with Crippen LogP contribution in [0.15, 0.2) is 17.3 Å². The Hall–Kier alpha value is -1.75. The number of thioether (sulfide) groups is 1. The number of H-pyrrole nitrogens is 2. The lowest BCUT2D eigenvalue weighted by atomic mass is 10.2. The Bertz CT molecular complexity index is 650. The van der Waals surface area contributed by atoms with Gasteiger partial charge in [-0.25, -0.2) is 4.98 Å². The highest BCUT2D eigenvalue weighted by Gasteiger charge is 2.21. The van der Waals surface area contributed by atoms with Crippen LogP contribution in [0.25, 0.3) is 11.0 Å². The van der Waals surface area contributed by atoms with Crippen LogP contribution in [-0.4, -0.2) is 56.7 Å². The van der Waals surface area contributed by atoms with Gasteiger partial charge in [0.25, 0.3) is 5.56 Å². The molecule has 0 unspecified atom stereocenters. The Morgan fingerprint density at radius 2 is 2.14 bits per heavy atom. The summed E-state index contributed by atoms with van der Waals surface area (Å²) in [5.41, 5.74) is 2.08. The van der Waals surface area contributed by atoms with E-state index in [2.05, 4.69) is 32.7 Å². The maximum Gasteiger partial charge on any atom is 0.275 e. The van der Waals surface area contributed by atoms with Crippen molar-refractivity contribution >= 4 is 22.8 Å². The summed E-state index contributed by atoms with van der Waals surface area (Å²) in [6.45, 7) is 2.29. The first kappa shape index (κ1) is 18.3. The Morgan fingerprint density at radius 3 is 2.73 bits per heavy atom. The number of hydrogen-bond donors (Lipinski definition) is 3. The zero-order chi connectivity index (χ0) is 16.5. The van der Waals surface area contributed by atoms with Gasteiger partial charge in [-0.2, -0.15) is 11.8 Å². The maximum absolute atomic E-state index is 11.5. The van der Waals surface area contributed by atoms with Crippen molar-refractivity contribution in [1.29, 1.82) is 0 Å². The van der Waals surface area contributed by atoms with E-state index >= 15 is 0 Å². The molecule has 1 aliphatic heterocycles. The molecule has 0 spiro atoms. The van der Waals surface area contributed by atoms with Crippen molar-refractivity contribution in [2.45, 2.75) is 19.1 Å². The molecule has 2 aromatic rings. The highest BCUT2D eigenvalue weighted by Crippen LogP contribution is 2.17. The van der Waals surface area contributed by atoms with Crippen molar-refractivity contribution in [3.05, 3.63) is 28.4 Å². The fourth-order valence-corrected chi connectivity index (χ4v) is 2.32. The molecule has 0 amide bonds. The Morgan fingerprint density at radius 1 is 1.45 bits per heavy atom. The van der Waals surface area contributed by atoms with Crippen LogP contribution < -0.4 is 5.56 Å². The van der Waals surface area contributed by atoms with Gasteiger partial charge in [-0.1, -0.05) is 0 Å². The molecule has 120 valence electrons. The number of aromatic amines is 2. The molecule has 7 heteroatoms. The Kier molecular flexibility index (Phi) is 7.74. The van der Waals surface area contributed by atoms with Crippen LogP contribution in [0.1, 0.15) is 12.0 Å². The predicted molar refractivity (Wildman–Crippen MR) is 91.9 cm³/mol. The van der Waals surface area contributed by atoms with Gasteiger partial charge in [0, 0.05) is 31.4 Å². The van der Waals surface area contributed by atoms with Crippen LogP contribution in [0.2, 0.25) is 0 Å². The zero-order valence-electron chi connectivity index (χ0n) is 12.9. The third-order valence-corrected chi connectivity index (χ3v) is 3.19. The molecule has 1 aliphatic rings. The fraction of sp³-hybridized carbons (Fsp3) is 0.467. The summed E-state index contributed by atoms with van der Waals surface area (Å²) in [6.07, 6.45) is 15.9. The molecule has 3 heterocycles. The maximum atomic E-state index is 11.5. The number of aliphatic hydroxyl groups is 1. The quantitative estimate of drug-likeness (QED) is 0.720. The summed E-state index contributed by atoms with van der Waals surface area (Å²) < 4.78 is 0. The molecule has 1 fully saturated rings. The molecular formula is C15H22N4O2S. The van der Waals surface area contributed by atoms with Crippen LogP contribution in [-0.2, 0) is 6.54 Å². The molecule has 0 saturated carbocycles. The third-order valence-electron chi connectivity index (χ3n) is 3.19. The minimum absolute atomic E-state index is 0.150. The minimum atomic E-state index is -0.225. The topological polar surface area (TPSA) is 85.0 Å². The van der Waals surface area contributed by atoms with E-state index in [1.54, 1.807) is 11.8 Å². The lowest BCUT2D eigenvalue weighted by Gasteiger charge is -2.13. The number of rotatable bonds is 2. The number of terminal acetylenes is 1. The number of aliphatic hydroxyl groups excluding tert-OH is 1. The van der Waals surface area contributed by atoms with E-state index in [9.17, 15) is 9.90 Å². The fourth-order valence-electron chi connectivity index (χ4n) is 2.32. The monoisotopic (exact) mass is 322 g/mol. The summed E-state index contributed by atoms with van der Waals surface area (Å²) >= 11 is 1.75. The molecule has 0 radical (unpaired) electrons. The highest BCUT2D eigenvalue weighted by molar-refractivity contribution is 7.97. The first-order valence-corrected chi connectivity index (χ1v) is 8.46. The van der Waals surface area contributed by atoms with E-state index in [1.807, 2.05) is 18.7 Å². The summed E-state index contributed by atoms with van der Waals surface area (Å²) in [5, 5.41) is 9.47. The molecular weight excluding hydrogens is 300 g/mol. The average molecular weight is 322 g/mol. The standard InChI is InChI=1S/C11H14N4O2.C2H6S.C2H2/c16-8-1-2-15(5-8)4-7-3-12-10-9(7)13-6-14-11(10)17;1-3-2;1-2/h3,6,8,12,16H,1-2,4-5H2,(H,13,14,17);1-2H3;1-2H/t8-;;/m0../s1. The second kappa shape index (κ2) is 9.30. The molecule has 1 atom stereocenters. The largest absolute Gasteiger partial charge is 0.392 e. The summed E-state index contributed by atoms with van der Waals surface area (Å²) in [4.78, 5) is 23.3. The van der Waals surface area contributed by atoms with Crippen molar-refractivity contribution in [2.24, 2.45) is 0 Å². The molecule has 22 heavy (non-hydrogen) atoms. The van der Waals surface area contributed by atoms with Crippen LogP contribution in [0.5, 0.6) is 0 Å². The summed E-state index contributed by atoms with van der Waals surface area (Å²) in [5.74, 6) is 0. The van der Waals surface area contributed by atoms with Crippen molar-refractivity contribution in [3.63, 3.8) is 0 Å². The van der Waals surface area contributed by atoms with Gasteiger partial charge in [0.1, 0.15) is 5.52 Å². The molecule has 3 rings (SSSR count). The highest BCUT2D eigenvalue weighted by atomic mass is 32.2. The molecule has 6 nitrogen and oxygen atoms in total. The van der Waals surface area contributed by atoms with E-state index in [4.69, 9.17) is 0 Å². The van der Waals surface area contributed by atoms with Gasteiger partial charge >= 0.3 is 0 Å². The number of nitrogens with zero attached hydrogens (tertiary/aromatic N) is 2. The Balaban J connectivity index is 0.000000435. The number of nitrogens with one attached hydrogen (secondary N) is 2. The molecule has 2 aromatic heterocycles. The Labute approximate surface area is 134 Å². The van der Waals surface area contributed by atoms with Crippen molar-refractivity contribution in [1.82, 2.24) is 19.9 Å². The molecule has 0 aromatic carbocycles. The third kappa shape index (κ3) is 4.63. The second-order valence-corrected chi connectivity index (χ2v) is 5.67. The molecule has 0 aliphatic carbocycles. The SMILES string of the molecule is C#C.CSC.O=c1[nH]cnc2c(CN3CC[C@H](O)C3)c[nH]c12. The normalized spacial score (nSPS) is 17.4. The van der Waals surface area contributed by atoms with Crippen molar-refractivity contribution in [2.75, 3.05) is 25.6 Å². The van der Waals surface area contributed by atoms with Gasteiger partial charge in [-0.15, -0.1) is 12.8 Å². The number of likely N-dealkylation sites (tertiary alicyclic amines) is 1. The van der Waals surface area contributed by atoms with Gasteiger partial charge in [0.2, 0.25) is 0 Å². The smallest absolute Gasteiger partial charge is 0.275 e. The summed E-state index contributed by atoms with van der Waals surface area (Å²) in [6, 6.07) is 0. The zero-order valence-corrected chi connectivity index (χ0v) is 13.7. The van der Waals surface area contributed by atoms with E-state index in [-0.39, 0.29) is 11.7 Å². The summed E-state index contributed by atoms with van der Waals surface area (Å²) in [7, 11) is 0. The van der Waals surface area contributed by atoms with Gasteiger partial charge < -0.3 is 15.1 Å². The molecule has 3 N–H and O–H groups in total. The first-order valence-electron chi connectivity index (χ1n) is 6.83. The van der Waals surface area contributed by atoms with Gasteiger partial charge in [0.05, 0.1) is 17.9 Å². The van der Waals surface area contributed by atoms with E-state index in [0.717, 1.165) is 24.0 Å². The van der Waals surface area contributed by atoms with Gasteiger partial charge in [-0.05, 0) is 18.9 Å². The first-order chi connectivity index (χ1) is 10.7. The van der Waals surface area contributed by atoms with Crippen LogP contribution in [0, 0.1) is 12.8 Å². The lowest BCUT2D eigenvalue weighted by molar-refractivity contribution is 0.175. The number of hydrogen-bond acceptors (Lipinski definition) is 5. The van der Waals surface area contributed by atoms with E-state index in [1.165, 1.54) is 6.33 Å². The molecule has 0 bridgehead atoms. The number of fused-ring (bicyclic) bond motifs is 1. The predicted octanol–water partition coefficient (Wildman–Crippen LogP) is 1.05.